The van der Waals surface area contributed by atoms with Crippen molar-refractivity contribution in [3.8, 4) is 0 Å². The van der Waals surface area contributed by atoms with Crippen molar-refractivity contribution in [2.24, 2.45) is 5.73 Å². The van der Waals surface area contributed by atoms with Crippen LogP contribution in [0.1, 0.15) is 28.8 Å². The van der Waals surface area contributed by atoms with Crippen LogP contribution in [0.2, 0.25) is 0 Å². The molecule has 98 valence electrons. The molecule has 1 aromatic carbocycles. The number of nitrogens with zero attached hydrogens (tertiary/aromatic N) is 1. The van der Waals surface area contributed by atoms with E-state index in [0.717, 1.165) is 24.3 Å². The van der Waals surface area contributed by atoms with E-state index in [-0.39, 0.29) is 5.91 Å². The molecule has 1 amide bonds. The number of nitrogens with one attached hydrogen (secondary N) is 1. The van der Waals surface area contributed by atoms with Gasteiger partial charge in [0.1, 0.15) is 0 Å². The second-order valence-corrected chi connectivity index (χ2v) is 5.04. The van der Waals surface area contributed by atoms with E-state index in [0.29, 0.717) is 11.6 Å². The maximum absolute atomic E-state index is 11.2. The fraction of sp³-hybridized carbons (Fsp3) is 0.500. The first-order valence-corrected chi connectivity index (χ1v) is 6.43. The molecule has 1 heterocycles. The van der Waals surface area contributed by atoms with Crippen LogP contribution in [0.4, 0.5) is 5.69 Å². The number of hydrogen-bond donors (Lipinski definition) is 2. The van der Waals surface area contributed by atoms with Crippen molar-refractivity contribution < 1.29 is 4.79 Å². The second-order valence-electron chi connectivity index (χ2n) is 5.04. The van der Waals surface area contributed by atoms with Crippen LogP contribution in [0, 0.1) is 6.92 Å². The summed E-state index contributed by atoms with van der Waals surface area (Å²) in [4.78, 5) is 13.4. The molecule has 1 aromatic rings. The molecule has 1 atom stereocenters. The lowest BCUT2D eigenvalue weighted by Gasteiger charge is -2.24. The number of carbonyl (C=O) groups is 1. The zero-order chi connectivity index (χ0) is 13.1. The Bertz CT molecular complexity index is 439. The van der Waals surface area contributed by atoms with Crippen LogP contribution >= 0.6 is 0 Å². The van der Waals surface area contributed by atoms with Crippen LogP contribution in [0.25, 0.3) is 0 Å². The average molecular weight is 247 g/mol. The molecule has 3 N–H and O–H groups in total. The highest BCUT2D eigenvalue weighted by Gasteiger charge is 2.16. The van der Waals surface area contributed by atoms with E-state index in [1.165, 1.54) is 12.8 Å². The van der Waals surface area contributed by atoms with E-state index >= 15 is 0 Å². The Kier molecular flexibility index (Phi) is 3.87. The second kappa shape index (κ2) is 5.40. The highest BCUT2D eigenvalue weighted by Crippen LogP contribution is 2.19. The Morgan fingerprint density at radius 3 is 2.89 bits per heavy atom. The van der Waals surface area contributed by atoms with Crippen molar-refractivity contribution in [1.29, 1.82) is 0 Å². The van der Waals surface area contributed by atoms with Gasteiger partial charge in [-0.15, -0.1) is 0 Å². The number of hydrogen-bond acceptors (Lipinski definition) is 3. The number of likely N-dealkylation sites (N-methyl/N-ethyl adjacent to an activating group) is 1. The quantitative estimate of drug-likeness (QED) is 0.842. The normalized spacial score (nSPS) is 18.9. The van der Waals surface area contributed by atoms with Crippen molar-refractivity contribution in [3.05, 3.63) is 29.3 Å². The molecule has 0 radical (unpaired) electrons. The molecule has 1 aliphatic heterocycles. The van der Waals surface area contributed by atoms with Gasteiger partial charge < -0.3 is 16.0 Å². The van der Waals surface area contributed by atoms with Gasteiger partial charge in [0, 0.05) is 30.9 Å². The molecular formula is C14H21N3O. The third-order valence-corrected chi connectivity index (χ3v) is 3.57. The standard InChI is InChI=1S/C14H21N3O/c1-10-8-12(5-6-13(10)14(15)18)17(2)9-11-4-3-7-16-11/h5-6,8,11,16H,3-4,7,9H2,1-2H3,(H2,15,18). The van der Waals surface area contributed by atoms with Crippen LogP contribution < -0.4 is 16.0 Å². The number of nitrogens with two attached hydrogens (primary N) is 1. The van der Waals surface area contributed by atoms with Crippen LogP contribution in [0.3, 0.4) is 0 Å². The van der Waals surface area contributed by atoms with Crippen molar-refractivity contribution in [2.45, 2.75) is 25.8 Å². The third kappa shape index (κ3) is 2.82. The number of benzene rings is 1. The monoisotopic (exact) mass is 247 g/mol. The lowest BCUT2D eigenvalue weighted by Crippen LogP contribution is -2.35. The maximum atomic E-state index is 11.2. The lowest BCUT2D eigenvalue weighted by molar-refractivity contribution is 0.1000. The van der Waals surface area contributed by atoms with Gasteiger partial charge in [-0.2, -0.15) is 0 Å². The number of rotatable bonds is 4. The minimum absolute atomic E-state index is 0.362. The number of carbonyl (C=O) groups excluding carboxylic acids is 1. The van der Waals surface area contributed by atoms with Gasteiger partial charge in [0.2, 0.25) is 5.91 Å². The van der Waals surface area contributed by atoms with Gasteiger partial charge >= 0.3 is 0 Å². The molecule has 0 bridgehead atoms. The Hall–Kier alpha value is -1.55. The summed E-state index contributed by atoms with van der Waals surface area (Å²) in [5, 5.41) is 3.49. The number of primary amides is 1. The molecule has 1 fully saturated rings. The summed E-state index contributed by atoms with van der Waals surface area (Å²) in [5.74, 6) is -0.362. The minimum Gasteiger partial charge on any atom is -0.373 e. The molecule has 0 saturated carbocycles. The SMILES string of the molecule is Cc1cc(N(C)CC2CCCN2)ccc1C(N)=O. The topological polar surface area (TPSA) is 58.4 Å². The van der Waals surface area contributed by atoms with Crippen LogP contribution in [-0.2, 0) is 0 Å². The third-order valence-electron chi connectivity index (χ3n) is 3.57. The minimum atomic E-state index is -0.362. The summed E-state index contributed by atoms with van der Waals surface area (Å²) < 4.78 is 0. The van der Waals surface area contributed by atoms with Crippen molar-refractivity contribution >= 4 is 11.6 Å². The highest BCUT2D eigenvalue weighted by molar-refractivity contribution is 5.94. The first-order chi connectivity index (χ1) is 8.58. The molecule has 0 aliphatic carbocycles. The first-order valence-electron chi connectivity index (χ1n) is 6.43. The van der Waals surface area contributed by atoms with Gasteiger partial charge in [-0.3, -0.25) is 4.79 Å². The highest BCUT2D eigenvalue weighted by atomic mass is 16.1. The van der Waals surface area contributed by atoms with E-state index in [1.54, 1.807) is 0 Å². The Balaban J connectivity index is 2.08. The summed E-state index contributed by atoms with van der Waals surface area (Å²) in [6.07, 6.45) is 2.50. The van der Waals surface area contributed by atoms with Crippen molar-refractivity contribution in [1.82, 2.24) is 5.32 Å². The largest absolute Gasteiger partial charge is 0.373 e. The van der Waals surface area contributed by atoms with E-state index in [4.69, 9.17) is 5.73 Å². The molecule has 1 saturated heterocycles. The van der Waals surface area contributed by atoms with Crippen molar-refractivity contribution in [2.75, 3.05) is 25.0 Å². The summed E-state index contributed by atoms with van der Waals surface area (Å²) >= 11 is 0. The van der Waals surface area contributed by atoms with Crippen LogP contribution in [0.5, 0.6) is 0 Å². The average Bonchev–Trinajstić information content (AvgIpc) is 2.81. The van der Waals surface area contributed by atoms with Gasteiger partial charge in [0.15, 0.2) is 0 Å². The fourth-order valence-electron chi connectivity index (χ4n) is 2.51. The van der Waals surface area contributed by atoms with Gasteiger partial charge in [0.05, 0.1) is 0 Å². The molecule has 4 nitrogen and oxygen atoms in total. The first kappa shape index (κ1) is 12.9. The molecule has 1 aliphatic rings. The van der Waals surface area contributed by atoms with E-state index < -0.39 is 0 Å². The summed E-state index contributed by atoms with van der Waals surface area (Å²) in [7, 11) is 2.08. The molecular weight excluding hydrogens is 226 g/mol. The van der Waals surface area contributed by atoms with E-state index in [9.17, 15) is 4.79 Å². The van der Waals surface area contributed by atoms with Crippen molar-refractivity contribution in [3.63, 3.8) is 0 Å². The molecule has 0 aromatic heterocycles. The zero-order valence-electron chi connectivity index (χ0n) is 11.1. The number of anilines is 1. The van der Waals surface area contributed by atoms with Crippen LogP contribution in [-0.4, -0.2) is 32.1 Å². The number of amides is 1. The Morgan fingerprint density at radius 1 is 1.56 bits per heavy atom. The summed E-state index contributed by atoms with van der Waals surface area (Å²) in [6.45, 7) is 4.04. The molecule has 2 rings (SSSR count). The summed E-state index contributed by atoms with van der Waals surface area (Å²) in [6, 6.07) is 6.37. The number of aryl methyl sites for hydroxylation is 1. The van der Waals surface area contributed by atoms with Crippen LogP contribution in [0.15, 0.2) is 18.2 Å². The lowest BCUT2D eigenvalue weighted by atomic mass is 10.1. The molecule has 4 heteroatoms. The predicted octanol–water partition coefficient (Wildman–Crippen LogP) is 1.28. The van der Waals surface area contributed by atoms with Gasteiger partial charge in [-0.25, -0.2) is 0 Å². The molecule has 18 heavy (non-hydrogen) atoms. The smallest absolute Gasteiger partial charge is 0.248 e. The molecule has 0 spiro atoms. The van der Waals surface area contributed by atoms with Gasteiger partial charge in [-0.1, -0.05) is 0 Å². The van der Waals surface area contributed by atoms with Gasteiger partial charge in [0.25, 0.3) is 0 Å². The Labute approximate surface area is 108 Å². The summed E-state index contributed by atoms with van der Waals surface area (Å²) in [5.41, 5.74) is 7.98. The van der Waals surface area contributed by atoms with Gasteiger partial charge in [-0.05, 0) is 50.1 Å². The van der Waals surface area contributed by atoms with E-state index in [1.807, 2.05) is 25.1 Å². The zero-order valence-corrected chi connectivity index (χ0v) is 11.1. The Morgan fingerprint density at radius 2 is 2.33 bits per heavy atom. The maximum Gasteiger partial charge on any atom is 0.248 e. The van der Waals surface area contributed by atoms with E-state index in [2.05, 4.69) is 17.3 Å². The predicted molar refractivity (Wildman–Crippen MR) is 74.0 cm³/mol. The molecule has 1 unspecified atom stereocenters. The fourth-order valence-corrected chi connectivity index (χ4v) is 2.51.